The first-order chi connectivity index (χ1) is 10.6. The molecular weight excluding hydrogens is 370 g/mol. The third-order valence-electron chi connectivity index (χ3n) is 3.71. The monoisotopic (exact) mass is 389 g/mol. The van der Waals surface area contributed by atoms with Crippen molar-refractivity contribution in [2.24, 2.45) is 5.92 Å². The highest BCUT2D eigenvalue weighted by Crippen LogP contribution is 2.23. The first kappa shape index (κ1) is 17.4. The van der Waals surface area contributed by atoms with E-state index in [1.54, 1.807) is 11.3 Å². The number of aryl methyl sites for hydroxylation is 1. The lowest BCUT2D eigenvalue weighted by atomic mass is 9.93. The molecule has 2 heterocycles. The molecule has 0 saturated carbocycles. The lowest BCUT2D eigenvalue weighted by Gasteiger charge is -2.28. The molecule has 1 aromatic rings. The van der Waals surface area contributed by atoms with Crippen LogP contribution in [0.4, 0.5) is 0 Å². The Morgan fingerprint density at radius 3 is 2.91 bits per heavy atom. The zero-order chi connectivity index (χ0) is 15.9. The number of carbonyl (C=O) groups is 2. The maximum absolute atomic E-state index is 12.0. The molecule has 1 aliphatic rings. The first-order valence-corrected chi connectivity index (χ1v) is 9.01. The Bertz CT molecular complexity index is 513. The Morgan fingerprint density at radius 2 is 2.32 bits per heavy atom. The number of halogens is 1. The average Bonchev–Trinajstić information content (AvgIpc) is 2.91. The van der Waals surface area contributed by atoms with Crippen LogP contribution in [-0.4, -0.2) is 36.2 Å². The van der Waals surface area contributed by atoms with Crippen LogP contribution in [-0.2, 0) is 20.7 Å². The number of aliphatic carboxylic acids is 1. The maximum atomic E-state index is 12.0. The number of carboxylic acid groups (broad SMARTS) is 1. The fraction of sp³-hybridized carbons (Fsp3) is 0.600. The minimum atomic E-state index is -0.981. The van der Waals surface area contributed by atoms with Gasteiger partial charge < -0.3 is 15.2 Å². The van der Waals surface area contributed by atoms with Gasteiger partial charge in [-0.05, 0) is 53.7 Å². The summed E-state index contributed by atoms with van der Waals surface area (Å²) in [7, 11) is 0. The summed E-state index contributed by atoms with van der Waals surface area (Å²) in [5, 5.41) is 12.0. The average molecular weight is 390 g/mol. The molecule has 2 unspecified atom stereocenters. The number of carbonyl (C=O) groups excluding carboxylic acids is 1. The predicted octanol–water partition coefficient (Wildman–Crippen LogP) is 2.83. The van der Waals surface area contributed by atoms with Gasteiger partial charge in [0.15, 0.2) is 0 Å². The molecule has 5 nitrogen and oxygen atoms in total. The van der Waals surface area contributed by atoms with Crippen LogP contribution in [0.25, 0.3) is 0 Å². The molecule has 1 amide bonds. The zero-order valence-corrected chi connectivity index (χ0v) is 14.6. The van der Waals surface area contributed by atoms with Crippen molar-refractivity contribution in [2.45, 2.75) is 38.1 Å². The van der Waals surface area contributed by atoms with Gasteiger partial charge in [-0.3, -0.25) is 4.79 Å². The Balaban J connectivity index is 1.76. The molecule has 2 N–H and O–H groups in total. The number of hydrogen-bond acceptors (Lipinski definition) is 4. The smallest absolute Gasteiger partial charge is 0.326 e. The molecule has 0 radical (unpaired) electrons. The van der Waals surface area contributed by atoms with Gasteiger partial charge in [-0.1, -0.05) is 0 Å². The fourth-order valence-electron chi connectivity index (χ4n) is 2.56. The van der Waals surface area contributed by atoms with Crippen LogP contribution in [0.1, 0.15) is 30.6 Å². The summed E-state index contributed by atoms with van der Waals surface area (Å²) in [5.41, 5.74) is 0. The zero-order valence-electron chi connectivity index (χ0n) is 12.2. The van der Waals surface area contributed by atoms with E-state index < -0.39 is 12.0 Å². The molecule has 22 heavy (non-hydrogen) atoms. The molecule has 1 saturated heterocycles. The van der Waals surface area contributed by atoms with Crippen LogP contribution >= 0.6 is 27.3 Å². The van der Waals surface area contributed by atoms with Gasteiger partial charge in [-0.25, -0.2) is 4.79 Å². The minimum absolute atomic E-state index is 0.136. The van der Waals surface area contributed by atoms with Gasteiger partial charge in [-0.15, -0.1) is 11.3 Å². The van der Waals surface area contributed by atoms with Crippen molar-refractivity contribution in [1.29, 1.82) is 0 Å². The Kier molecular flexibility index (Phi) is 6.85. The number of rotatable bonds is 7. The lowest BCUT2D eigenvalue weighted by Crippen LogP contribution is -2.48. The molecule has 1 fully saturated rings. The van der Waals surface area contributed by atoms with Crippen LogP contribution in [0, 0.1) is 5.92 Å². The molecule has 2 atom stereocenters. The summed E-state index contributed by atoms with van der Waals surface area (Å²) in [6.45, 7) is 1.08. The number of thiophene rings is 1. The van der Waals surface area contributed by atoms with Gasteiger partial charge in [0, 0.05) is 23.8 Å². The third kappa shape index (κ3) is 5.37. The Labute approximate surface area is 142 Å². The summed E-state index contributed by atoms with van der Waals surface area (Å²) >= 11 is 5.06. The highest BCUT2D eigenvalue weighted by molar-refractivity contribution is 9.11. The van der Waals surface area contributed by atoms with Crippen LogP contribution in [0.2, 0.25) is 0 Å². The quantitative estimate of drug-likeness (QED) is 0.751. The van der Waals surface area contributed by atoms with Crippen molar-refractivity contribution in [2.75, 3.05) is 13.2 Å². The van der Waals surface area contributed by atoms with Gasteiger partial charge >= 0.3 is 5.97 Å². The van der Waals surface area contributed by atoms with Gasteiger partial charge in [0.25, 0.3) is 0 Å². The molecule has 122 valence electrons. The van der Waals surface area contributed by atoms with Gasteiger partial charge in [-0.2, -0.15) is 0 Å². The molecule has 0 bridgehead atoms. The van der Waals surface area contributed by atoms with E-state index in [2.05, 4.69) is 21.2 Å². The second kappa shape index (κ2) is 8.64. The summed E-state index contributed by atoms with van der Waals surface area (Å²) < 4.78 is 6.40. The van der Waals surface area contributed by atoms with E-state index in [-0.39, 0.29) is 11.8 Å². The van der Waals surface area contributed by atoms with Crippen LogP contribution in [0.5, 0.6) is 0 Å². The Morgan fingerprint density at radius 1 is 1.50 bits per heavy atom. The maximum Gasteiger partial charge on any atom is 0.326 e. The number of carboxylic acids is 1. The van der Waals surface area contributed by atoms with E-state index in [9.17, 15) is 14.7 Å². The molecule has 1 aromatic heterocycles. The molecule has 7 heteroatoms. The number of nitrogens with one attached hydrogen (secondary N) is 1. The molecule has 0 aliphatic carbocycles. The van der Waals surface area contributed by atoms with Crippen molar-refractivity contribution >= 4 is 39.1 Å². The van der Waals surface area contributed by atoms with Gasteiger partial charge in [0.1, 0.15) is 6.04 Å². The van der Waals surface area contributed by atoms with E-state index >= 15 is 0 Å². The van der Waals surface area contributed by atoms with E-state index in [1.807, 2.05) is 12.1 Å². The summed E-state index contributed by atoms with van der Waals surface area (Å²) in [5.74, 6) is -1.32. The first-order valence-electron chi connectivity index (χ1n) is 7.40. The highest BCUT2D eigenvalue weighted by Gasteiger charge is 2.31. The normalized spacial score (nSPS) is 19.6. The SMILES string of the molecule is O=C(CCCc1ccc(Br)s1)NC(C(=O)O)C1CCCOC1. The largest absolute Gasteiger partial charge is 0.480 e. The van der Waals surface area contributed by atoms with E-state index in [0.29, 0.717) is 26.1 Å². The summed E-state index contributed by atoms with van der Waals surface area (Å²) in [4.78, 5) is 24.6. The summed E-state index contributed by atoms with van der Waals surface area (Å²) in [6.07, 6.45) is 3.51. The standard InChI is InChI=1S/C15H20BrNO4S/c16-12-7-6-11(22-12)4-1-5-13(18)17-14(15(19)20)10-3-2-8-21-9-10/h6-7,10,14H,1-5,8-9H2,(H,17,18)(H,19,20). The molecular formula is C15H20BrNO4S. The lowest BCUT2D eigenvalue weighted by molar-refractivity contribution is -0.145. The van der Waals surface area contributed by atoms with Crippen molar-refractivity contribution in [3.05, 3.63) is 20.8 Å². The molecule has 1 aliphatic heterocycles. The second-order valence-corrected chi connectivity index (χ2v) is 7.97. The van der Waals surface area contributed by atoms with Crippen molar-refractivity contribution in [1.82, 2.24) is 5.32 Å². The second-order valence-electron chi connectivity index (χ2n) is 5.42. The van der Waals surface area contributed by atoms with E-state index in [1.165, 1.54) is 4.88 Å². The topological polar surface area (TPSA) is 75.6 Å². The molecule has 2 rings (SSSR count). The van der Waals surface area contributed by atoms with Crippen molar-refractivity contribution in [3.8, 4) is 0 Å². The van der Waals surface area contributed by atoms with Crippen molar-refractivity contribution < 1.29 is 19.4 Å². The Hall–Kier alpha value is -0.920. The van der Waals surface area contributed by atoms with Crippen LogP contribution in [0.15, 0.2) is 15.9 Å². The predicted molar refractivity (Wildman–Crippen MR) is 88.1 cm³/mol. The molecule has 0 spiro atoms. The van der Waals surface area contributed by atoms with Crippen molar-refractivity contribution in [3.63, 3.8) is 0 Å². The fourth-order valence-corrected chi connectivity index (χ4v) is 4.09. The van der Waals surface area contributed by atoms with Gasteiger partial charge in [0.2, 0.25) is 5.91 Å². The third-order valence-corrected chi connectivity index (χ3v) is 5.39. The minimum Gasteiger partial charge on any atom is -0.480 e. The summed E-state index contributed by atoms with van der Waals surface area (Å²) in [6, 6.07) is 3.18. The number of ether oxygens (including phenoxy) is 1. The number of amides is 1. The molecule has 0 aromatic carbocycles. The van der Waals surface area contributed by atoms with E-state index in [4.69, 9.17) is 4.74 Å². The van der Waals surface area contributed by atoms with Crippen LogP contribution < -0.4 is 5.32 Å². The number of hydrogen-bond donors (Lipinski definition) is 2. The van der Waals surface area contributed by atoms with Crippen LogP contribution in [0.3, 0.4) is 0 Å². The van der Waals surface area contributed by atoms with Gasteiger partial charge in [0.05, 0.1) is 10.4 Å². The van der Waals surface area contributed by atoms with E-state index in [0.717, 1.165) is 23.0 Å². The highest BCUT2D eigenvalue weighted by atomic mass is 79.9.